The largest absolute Gasteiger partial charge is 0.352 e. The minimum absolute atomic E-state index is 0.184. The summed E-state index contributed by atoms with van der Waals surface area (Å²) >= 11 is 1.21. The fraction of sp³-hybridized carbons (Fsp3) is 0.375. The minimum atomic E-state index is -0.360. The van der Waals surface area contributed by atoms with Gasteiger partial charge in [-0.25, -0.2) is 14.4 Å². The summed E-state index contributed by atoms with van der Waals surface area (Å²) in [4.78, 5) is 35.5. The Hall–Kier alpha value is -2.55. The van der Waals surface area contributed by atoms with E-state index in [4.69, 9.17) is 0 Å². The van der Waals surface area contributed by atoms with E-state index in [0.717, 1.165) is 0 Å². The van der Waals surface area contributed by atoms with Gasteiger partial charge in [0, 0.05) is 44.7 Å². The lowest BCUT2D eigenvalue weighted by Gasteiger charge is -2.22. The van der Waals surface area contributed by atoms with Gasteiger partial charge in [0.05, 0.1) is 0 Å². The zero-order chi connectivity index (χ0) is 17.8. The first kappa shape index (κ1) is 17.3. The fourth-order valence-corrected chi connectivity index (χ4v) is 3.41. The smallest absolute Gasteiger partial charge is 0.273 e. The predicted octanol–water partition coefficient (Wildman–Crippen LogP) is 1.99. The first-order valence-corrected chi connectivity index (χ1v) is 8.80. The average Bonchev–Trinajstić information content (AvgIpc) is 2.90. The van der Waals surface area contributed by atoms with Gasteiger partial charge in [0.1, 0.15) is 5.69 Å². The number of rotatable bonds is 3. The van der Waals surface area contributed by atoms with Crippen molar-refractivity contribution in [1.29, 1.82) is 0 Å². The summed E-state index contributed by atoms with van der Waals surface area (Å²) in [5, 5.41) is 4.61. The number of carbonyl (C=O) groups excluding carboxylic acids is 2. The molecule has 9 heteroatoms. The van der Waals surface area contributed by atoms with Crippen LogP contribution in [0.15, 0.2) is 23.7 Å². The van der Waals surface area contributed by atoms with Gasteiger partial charge in [-0.3, -0.25) is 9.59 Å². The summed E-state index contributed by atoms with van der Waals surface area (Å²) in [6.45, 7) is 3.55. The maximum atomic E-state index is 13.9. The maximum Gasteiger partial charge on any atom is 0.273 e. The van der Waals surface area contributed by atoms with Crippen molar-refractivity contribution < 1.29 is 14.0 Å². The Bertz CT molecular complexity index is 781. The van der Waals surface area contributed by atoms with E-state index in [9.17, 15) is 14.0 Å². The summed E-state index contributed by atoms with van der Waals surface area (Å²) in [5.41, 5.74) is 0.311. The highest BCUT2D eigenvalue weighted by Crippen LogP contribution is 2.20. The molecule has 7 nitrogen and oxygen atoms in total. The Morgan fingerprint density at radius 1 is 1.28 bits per heavy atom. The molecule has 2 aromatic rings. The Labute approximate surface area is 148 Å². The second-order valence-corrected chi connectivity index (χ2v) is 6.52. The number of carbonyl (C=O) groups is 2. The summed E-state index contributed by atoms with van der Waals surface area (Å²) in [7, 11) is 0. The molecule has 3 rings (SSSR count). The van der Waals surface area contributed by atoms with E-state index in [1.807, 2.05) is 4.90 Å². The van der Waals surface area contributed by atoms with E-state index in [1.54, 1.807) is 22.5 Å². The van der Waals surface area contributed by atoms with Crippen molar-refractivity contribution in [2.45, 2.75) is 13.3 Å². The van der Waals surface area contributed by atoms with Crippen LogP contribution >= 0.6 is 11.3 Å². The van der Waals surface area contributed by atoms with Crippen molar-refractivity contribution in [2.75, 3.05) is 36.4 Å². The van der Waals surface area contributed by atoms with Gasteiger partial charge in [0.15, 0.2) is 16.8 Å². The number of hydrogen-bond donors (Lipinski definition) is 1. The number of halogens is 1. The van der Waals surface area contributed by atoms with Crippen molar-refractivity contribution >= 4 is 34.1 Å². The zero-order valence-corrected chi connectivity index (χ0v) is 14.6. The monoisotopic (exact) mass is 363 g/mol. The first-order valence-electron chi connectivity index (χ1n) is 7.92. The SMILES string of the molecule is CC(=O)Nc1nc(C(=O)N2CCCN(c3ncccc3F)CC2)cs1. The zero-order valence-electron chi connectivity index (χ0n) is 13.7. The number of aromatic nitrogens is 2. The standard InChI is InChI=1S/C16H18FN5O2S/c1-11(23)19-16-20-13(10-25-16)15(24)22-7-3-6-21(8-9-22)14-12(17)4-2-5-18-14/h2,4-5,10H,3,6-9H2,1H3,(H,19,20,23). The van der Waals surface area contributed by atoms with Gasteiger partial charge < -0.3 is 15.1 Å². The molecule has 0 aliphatic carbocycles. The molecule has 0 aromatic carbocycles. The number of pyridine rings is 1. The Balaban J connectivity index is 1.66. The molecule has 1 fully saturated rings. The molecule has 0 unspecified atom stereocenters. The lowest BCUT2D eigenvalue weighted by atomic mass is 10.3. The highest BCUT2D eigenvalue weighted by Gasteiger charge is 2.24. The molecule has 1 aliphatic heterocycles. The summed E-state index contributed by atoms with van der Waals surface area (Å²) < 4.78 is 13.9. The number of amides is 2. The van der Waals surface area contributed by atoms with E-state index in [2.05, 4.69) is 15.3 Å². The van der Waals surface area contributed by atoms with E-state index in [-0.39, 0.29) is 17.6 Å². The van der Waals surface area contributed by atoms with Crippen LogP contribution in [0.1, 0.15) is 23.8 Å². The van der Waals surface area contributed by atoms with Crippen LogP contribution in [0.5, 0.6) is 0 Å². The number of nitrogens with one attached hydrogen (secondary N) is 1. The normalized spacial score (nSPS) is 15.0. The van der Waals surface area contributed by atoms with Crippen molar-refractivity contribution in [2.24, 2.45) is 0 Å². The molecule has 2 aromatic heterocycles. The lowest BCUT2D eigenvalue weighted by Crippen LogP contribution is -2.35. The fourth-order valence-electron chi connectivity index (χ4n) is 2.68. The van der Waals surface area contributed by atoms with E-state index in [1.165, 1.54) is 24.3 Å². The molecular weight excluding hydrogens is 345 g/mol. The minimum Gasteiger partial charge on any atom is -0.352 e. The molecule has 0 saturated carbocycles. The van der Waals surface area contributed by atoms with Crippen molar-refractivity contribution in [3.05, 3.63) is 35.2 Å². The van der Waals surface area contributed by atoms with Crippen LogP contribution in [0.2, 0.25) is 0 Å². The molecule has 132 valence electrons. The molecule has 1 saturated heterocycles. The molecule has 0 bridgehead atoms. The molecule has 1 aliphatic rings. The van der Waals surface area contributed by atoms with Gasteiger partial charge in [0.25, 0.3) is 5.91 Å². The third-order valence-corrected chi connectivity index (χ3v) is 4.59. The summed E-state index contributed by atoms with van der Waals surface area (Å²) in [5.74, 6) is -0.451. The number of hydrogen-bond acceptors (Lipinski definition) is 6. The number of thiazole rings is 1. The lowest BCUT2D eigenvalue weighted by molar-refractivity contribution is -0.114. The van der Waals surface area contributed by atoms with Crippen LogP contribution in [0.25, 0.3) is 0 Å². The summed E-state index contributed by atoms with van der Waals surface area (Å²) in [6.07, 6.45) is 2.27. The molecule has 0 atom stereocenters. The van der Waals surface area contributed by atoms with Gasteiger partial charge >= 0.3 is 0 Å². The van der Waals surface area contributed by atoms with Crippen LogP contribution in [-0.2, 0) is 4.79 Å². The molecular formula is C16H18FN5O2S. The quantitative estimate of drug-likeness (QED) is 0.902. The van der Waals surface area contributed by atoms with E-state index >= 15 is 0 Å². The van der Waals surface area contributed by atoms with Crippen LogP contribution in [-0.4, -0.2) is 52.9 Å². The van der Waals surface area contributed by atoms with Crippen molar-refractivity contribution in [3.8, 4) is 0 Å². The van der Waals surface area contributed by atoms with Gasteiger partial charge in [0.2, 0.25) is 5.91 Å². The Morgan fingerprint density at radius 3 is 2.88 bits per heavy atom. The molecule has 25 heavy (non-hydrogen) atoms. The third-order valence-electron chi connectivity index (χ3n) is 3.83. The maximum absolute atomic E-state index is 13.9. The van der Waals surface area contributed by atoms with Crippen LogP contribution in [0.4, 0.5) is 15.3 Å². The van der Waals surface area contributed by atoms with Crippen LogP contribution in [0.3, 0.4) is 0 Å². The van der Waals surface area contributed by atoms with Gasteiger partial charge in [-0.15, -0.1) is 11.3 Å². The highest BCUT2D eigenvalue weighted by molar-refractivity contribution is 7.14. The van der Waals surface area contributed by atoms with Crippen molar-refractivity contribution in [3.63, 3.8) is 0 Å². The van der Waals surface area contributed by atoms with E-state index < -0.39 is 0 Å². The molecule has 3 heterocycles. The van der Waals surface area contributed by atoms with Crippen LogP contribution < -0.4 is 10.2 Å². The highest BCUT2D eigenvalue weighted by atomic mass is 32.1. The topological polar surface area (TPSA) is 78.4 Å². The van der Waals surface area contributed by atoms with Gasteiger partial charge in [-0.2, -0.15) is 0 Å². The first-order chi connectivity index (χ1) is 12.0. The second-order valence-electron chi connectivity index (χ2n) is 5.66. The van der Waals surface area contributed by atoms with E-state index in [0.29, 0.717) is 49.2 Å². The molecule has 2 amide bonds. The average molecular weight is 363 g/mol. The van der Waals surface area contributed by atoms with Crippen molar-refractivity contribution in [1.82, 2.24) is 14.9 Å². The number of anilines is 2. The van der Waals surface area contributed by atoms with Gasteiger partial charge in [-0.1, -0.05) is 0 Å². The predicted molar refractivity (Wildman–Crippen MR) is 93.3 cm³/mol. The summed E-state index contributed by atoms with van der Waals surface area (Å²) in [6, 6.07) is 2.94. The third kappa shape index (κ3) is 4.11. The number of nitrogens with zero attached hydrogens (tertiary/aromatic N) is 4. The second kappa shape index (κ2) is 7.56. The molecule has 0 radical (unpaired) electrons. The molecule has 0 spiro atoms. The Kier molecular flexibility index (Phi) is 5.22. The Morgan fingerprint density at radius 2 is 2.12 bits per heavy atom. The molecule has 1 N–H and O–H groups in total. The van der Waals surface area contributed by atoms with Crippen LogP contribution in [0, 0.1) is 5.82 Å². The van der Waals surface area contributed by atoms with Gasteiger partial charge in [-0.05, 0) is 18.6 Å².